The Balaban J connectivity index is 2.19. The van der Waals surface area contributed by atoms with E-state index in [-0.39, 0.29) is 0 Å². The van der Waals surface area contributed by atoms with Gasteiger partial charge in [0.25, 0.3) is 0 Å². The molecule has 0 unspecified atom stereocenters. The minimum atomic E-state index is 0.733. The molecule has 0 atom stereocenters. The van der Waals surface area contributed by atoms with E-state index >= 15 is 0 Å². The van der Waals surface area contributed by atoms with Crippen LogP contribution in [0.15, 0.2) is 45.5 Å². The van der Waals surface area contributed by atoms with Gasteiger partial charge in [-0.05, 0) is 40.2 Å². The molecule has 0 saturated heterocycles. The average Bonchev–Trinajstić information content (AvgIpc) is 2.82. The van der Waals surface area contributed by atoms with Crippen LogP contribution in [0.4, 0.5) is 0 Å². The van der Waals surface area contributed by atoms with Crippen LogP contribution in [0.1, 0.15) is 0 Å². The normalized spacial score (nSPS) is 11.0. The first-order valence-corrected chi connectivity index (χ1v) is 6.05. The number of para-hydroxylation sites is 1. The molecule has 0 fully saturated rings. The van der Waals surface area contributed by atoms with Crippen molar-refractivity contribution in [1.29, 1.82) is 0 Å². The van der Waals surface area contributed by atoms with Crippen molar-refractivity contribution in [3.05, 3.63) is 41.1 Å². The summed E-state index contributed by atoms with van der Waals surface area (Å²) >= 11 is 4.92. The molecular formula is C11H6BrNOS. The number of hydrogen-bond donors (Lipinski definition) is 0. The number of rotatable bonds is 1. The van der Waals surface area contributed by atoms with Gasteiger partial charge in [0.1, 0.15) is 0 Å². The number of halogens is 1. The van der Waals surface area contributed by atoms with Crippen LogP contribution in [0.3, 0.4) is 0 Å². The quantitative estimate of drug-likeness (QED) is 0.663. The predicted molar refractivity (Wildman–Crippen MR) is 65.0 cm³/mol. The van der Waals surface area contributed by atoms with Gasteiger partial charge in [-0.15, -0.1) is 11.3 Å². The number of thiazole rings is 1. The Bertz CT molecular complexity index is 581. The standard InChI is InChI=1S/C11H6BrNOS/c12-10-6-5-8(14-10)11-13-7-3-1-2-4-9(7)15-11/h1-6H. The van der Waals surface area contributed by atoms with Crippen molar-refractivity contribution in [3.8, 4) is 10.8 Å². The van der Waals surface area contributed by atoms with Gasteiger partial charge in [-0.25, -0.2) is 4.98 Å². The maximum absolute atomic E-state index is 5.46. The van der Waals surface area contributed by atoms with Crippen molar-refractivity contribution in [2.24, 2.45) is 0 Å². The summed E-state index contributed by atoms with van der Waals surface area (Å²) in [5.41, 5.74) is 1.02. The largest absolute Gasteiger partial charge is 0.447 e. The molecule has 0 aliphatic carbocycles. The number of hydrogen-bond acceptors (Lipinski definition) is 3. The molecule has 2 aromatic heterocycles. The summed E-state index contributed by atoms with van der Waals surface area (Å²) in [7, 11) is 0. The zero-order valence-electron chi connectivity index (χ0n) is 7.61. The lowest BCUT2D eigenvalue weighted by atomic mass is 10.3. The van der Waals surface area contributed by atoms with Crippen molar-refractivity contribution < 1.29 is 4.42 Å². The maximum atomic E-state index is 5.46. The van der Waals surface area contributed by atoms with E-state index in [1.807, 2.05) is 30.3 Å². The second kappa shape index (κ2) is 3.47. The molecule has 0 aliphatic heterocycles. The second-order valence-corrected chi connectivity index (χ2v) is 4.90. The predicted octanol–water partition coefficient (Wildman–Crippen LogP) is 4.32. The zero-order chi connectivity index (χ0) is 10.3. The van der Waals surface area contributed by atoms with Crippen LogP contribution in [0.2, 0.25) is 0 Å². The van der Waals surface area contributed by atoms with Crippen LogP contribution >= 0.6 is 27.3 Å². The third-order valence-electron chi connectivity index (χ3n) is 2.08. The van der Waals surface area contributed by atoms with E-state index in [9.17, 15) is 0 Å². The van der Waals surface area contributed by atoms with Crippen molar-refractivity contribution in [2.75, 3.05) is 0 Å². The Kier molecular flexibility index (Phi) is 2.11. The summed E-state index contributed by atoms with van der Waals surface area (Å²) in [6.07, 6.45) is 0. The first-order chi connectivity index (χ1) is 7.33. The molecule has 3 rings (SSSR count). The van der Waals surface area contributed by atoms with Crippen molar-refractivity contribution in [3.63, 3.8) is 0 Å². The molecule has 3 aromatic rings. The molecule has 0 amide bonds. The average molecular weight is 280 g/mol. The monoisotopic (exact) mass is 279 g/mol. The lowest BCUT2D eigenvalue weighted by Gasteiger charge is -1.85. The van der Waals surface area contributed by atoms with Gasteiger partial charge in [0, 0.05) is 0 Å². The van der Waals surface area contributed by atoms with Gasteiger partial charge in [-0.3, -0.25) is 0 Å². The Morgan fingerprint density at radius 3 is 2.73 bits per heavy atom. The molecule has 0 bridgehead atoms. The first-order valence-electron chi connectivity index (χ1n) is 4.44. The molecule has 0 aliphatic rings. The molecule has 0 spiro atoms. The minimum absolute atomic E-state index is 0.733. The highest BCUT2D eigenvalue weighted by Gasteiger charge is 2.08. The number of nitrogens with zero attached hydrogens (tertiary/aromatic N) is 1. The Labute approximate surface area is 98.7 Å². The van der Waals surface area contributed by atoms with Gasteiger partial charge in [-0.2, -0.15) is 0 Å². The lowest BCUT2D eigenvalue weighted by molar-refractivity contribution is 0.555. The summed E-state index contributed by atoms with van der Waals surface area (Å²) in [6.45, 7) is 0. The Morgan fingerprint density at radius 1 is 1.13 bits per heavy atom. The summed E-state index contributed by atoms with van der Waals surface area (Å²) in [5, 5.41) is 0.918. The molecule has 0 radical (unpaired) electrons. The second-order valence-electron chi connectivity index (χ2n) is 3.09. The van der Waals surface area contributed by atoms with E-state index in [0.29, 0.717) is 0 Å². The SMILES string of the molecule is Brc1ccc(-c2nc3ccccc3s2)o1. The molecule has 4 heteroatoms. The number of benzene rings is 1. The van der Waals surface area contributed by atoms with Gasteiger partial charge in [-0.1, -0.05) is 12.1 Å². The molecule has 0 saturated carbocycles. The summed E-state index contributed by atoms with van der Waals surface area (Å²) in [4.78, 5) is 4.50. The molecular weight excluding hydrogens is 274 g/mol. The van der Waals surface area contributed by atoms with E-state index < -0.39 is 0 Å². The number of aromatic nitrogens is 1. The van der Waals surface area contributed by atoms with Crippen molar-refractivity contribution in [1.82, 2.24) is 4.98 Å². The van der Waals surface area contributed by atoms with Crippen molar-refractivity contribution in [2.45, 2.75) is 0 Å². The molecule has 74 valence electrons. The van der Waals surface area contributed by atoms with Gasteiger partial charge in [0.05, 0.1) is 10.2 Å². The van der Waals surface area contributed by atoms with Crippen LogP contribution < -0.4 is 0 Å². The number of furan rings is 1. The van der Waals surface area contributed by atoms with E-state index in [1.54, 1.807) is 11.3 Å². The third-order valence-corrected chi connectivity index (χ3v) is 3.56. The molecule has 2 heterocycles. The zero-order valence-corrected chi connectivity index (χ0v) is 10.0. The van der Waals surface area contributed by atoms with Crippen LogP contribution in [0, 0.1) is 0 Å². The van der Waals surface area contributed by atoms with Crippen LogP contribution in [0.25, 0.3) is 21.0 Å². The lowest BCUT2D eigenvalue weighted by Crippen LogP contribution is -1.69. The smallest absolute Gasteiger partial charge is 0.170 e. The van der Waals surface area contributed by atoms with Gasteiger partial charge < -0.3 is 4.42 Å². The van der Waals surface area contributed by atoms with Gasteiger partial charge in [0.15, 0.2) is 15.4 Å². The summed E-state index contributed by atoms with van der Waals surface area (Å²) < 4.78 is 7.38. The Hall–Kier alpha value is -1.13. The Morgan fingerprint density at radius 2 is 2.00 bits per heavy atom. The van der Waals surface area contributed by atoms with E-state index in [0.717, 1.165) is 21.0 Å². The molecule has 15 heavy (non-hydrogen) atoms. The number of fused-ring (bicyclic) bond motifs is 1. The third kappa shape index (κ3) is 1.60. The van der Waals surface area contributed by atoms with Crippen LogP contribution in [-0.4, -0.2) is 4.98 Å². The minimum Gasteiger partial charge on any atom is -0.447 e. The summed E-state index contributed by atoms with van der Waals surface area (Å²) in [6, 6.07) is 11.9. The van der Waals surface area contributed by atoms with Crippen LogP contribution in [0.5, 0.6) is 0 Å². The topological polar surface area (TPSA) is 26.0 Å². The van der Waals surface area contributed by atoms with E-state index in [1.165, 1.54) is 4.70 Å². The highest BCUT2D eigenvalue weighted by molar-refractivity contribution is 9.10. The fourth-order valence-corrected chi connectivity index (χ4v) is 2.64. The van der Waals surface area contributed by atoms with E-state index in [2.05, 4.69) is 27.0 Å². The van der Waals surface area contributed by atoms with Gasteiger partial charge >= 0.3 is 0 Å². The van der Waals surface area contributed by atoms with Crippen LogP contribution in [-0.2, 0) is 0 Å². The fraction of sp³-hybridized carbons (Fsp3) is 0. The van der Waals surface area contributed by atoms with E-state index in [4.69, 9.17) is 4.42 Å². The summed E-state index contributed by atoms with van der Waals surface area (Å²) in [5.74, 6) is 0.808. The maximum Gasteiger partial charge on any atom is 0.170 e. The van der Waals surface area contributed by atoms with Crippen molar-refractivity contribution >= 4 is 37.5 Å². The molecule has 0 N–H and O–H groups in total. The highest BCUT2D eigenvalue weighted by atomic mass is 79.9. The fourth-order valence-electron chi connectivity index (χ4n) is 1.41. The van der Waals surface area contributed by atoms with Gasteiger partial charge in [0.2, 0.25) is 0 Å². The molecule has 2 nitrogen and oxygen atoms in total. The molecule has 1 aromatic carbocycles. The first kappa shape index (κ1) is 9.12. The highest BCUT2D eigenvalue weighted by Crippen LogP contribution is 2.31.